The zero-order valence-electron chi connectivity index (χ0n) is 10.2. The normalized spacial score (nSPS) is 34.2. The molecule has 0 aromatic heterocycles. The van der Waals surface area contributed by atoms with Gasteiger partial charge in [-0.1, -0.05) is 53.6 Å². The van der Waals surface area contributed by atoms with Gasteiger partial charge in [0.1, 0.15) is 0 Å². The molecule has 1 aromatic rings. The van der Waals surface area contributed by atoms with Gasteiger partial charge < -0.3 is 0 Å². The largest absolute Gasteiger partial charge is 0.0734 e. The molecule has 0 nitrogen and oxygen atoms in total. The minimum atomic E-state index is 0.503. The van der Waals surface area contributed by atoms with Crippen molar-refractivity contribution in [1.82, 2.24) is 0 Å². The summed E-state index contributed by atoms with van der Waals surface area (Å²) in [6, 6.07) is 10.7. The van der Waals surface area contributed by atoms with Crippen LogP contribution < -0.4 is 0 Å². The predicted octanol–water partition coefficient (Wildman–Crippen LogP) is 4.59. The highest BCUT2D eigenvalue weighted by atomic mass is 14.6. The second-order valence-electron chi connectivity index (χ2n) is 5.81. The quantitative estimate of drug-likeness (QED) is 0.642. The number of benzene rings is 1. The van der Waals surface area contributed by atoms with Crippen LogP contribution in [0.1, 0.15) is 37.7 Å². The lowest BCUT2D eigenvalue weighted by molar-refractivity contribution is 0.213. The molecule has 2 fully saturated rings. The van der Waals surface area contributed by atoms with E-state index in [-0.39, 0.29) is 0 Å². The molecule has 17 heavy (non-hydrogen) atoms. The summed E-state index contributed by atoms with van der Waals surface area (Å²) >= 11 is 0. The molecule has 0 radical (unpaired) electrons. The molecule has 0 amide bonds. The fraction of sp³-hybridized carbons (Fsp3) is 0.412. The maximum absolute atomic E-state index is 2.53. The van der Waals surface area contributed by atoms with Gasteiger partial charge in [-0.05, 0) is 43.6 Å². The molecular formula is C17H18. The Hall–Kier alpha value is -1.30. The molecule has 2 unspecified atom stereocenters. The Balaban J connectivity index is 1.67. The summed E-state index contributed by atoms with van der Waals surface area (Å²) in [5.41, 5.74) is 5.49. The summed E-state index contributed by atoms with van der Waals surface area (Å²) < 4.78 is 0. The Kier molecular flexibility index (Phi) is 1.91. The van der Waals surface area contributed by atoms with Gasteiger partial charge in [-0.2, -0.15) is 0 Å². The molecule has 2 saturated carbocycles. The van der Waals surface area contributed by atoms with Crippen molar-refractivity contribution in [3.05, 3.63) is 53.1 Å². The van der Waals surface area contributed by atoms with Crippen LogP contribution in [0, 0.1) is 11.3 Å². The molecule has 2 bridgehead atoms. The summed E-state index contributed by atoms with van der Waals surface area (Å²) in [5, 5.41) is 0. The molecule has 0 saturated heterocycles. The van der Waals surface area contributed by atoms with E-state index in [0.29, 0.717) is 5.41 Å². The summed E-state index contributed by atoms with van der Waals surface area (Å²) in [7, 11) is 0. The Labute approximate surface area is 103 Å². The summed E-state index contributed by atoms with van der Waals surface area (Å²) in [4.78, 5) is 0. The number of rotatable bonds is 2. The maximum atomic E-state index is 2.53. The van der Waals surface area contributed by atoms with E-state index >= 15 is 0 Å². The number of fused-ring (bicyclic) bond motifs is 4. The molecule has 1 aromatic carbocycles. The van der Waals surface area contributed by atoms with E-state index in [0.717, 1.165) is 5.92 Å². The van der Waals surface area contributed by atoms with Crippen LogP contribution >= 0.6 is 0 Å². The monoisotopic (exact) mass is 222 g/mol. The summed E-state index contributed by atoms with van der Waals surface area (Å²) in [6.45, 7) is 0. The van der Waals surface area contributed by atoms with Crippen LogP contribution in [-0.4, -0.2) is 0 Å². The van der Waals surface area contributed by atoms with Crippen molar-refractivity contribution in [2.24, 2.45) is 11.3 Å². The first-order valence-electron chi connectivity index (χ1n) is 6.84. The van der Waals surface area contributed by atoms with Crippen LogP contribution in [0.25, 0.3) is 6.08 Å². The highest BCUT2D eigenvalue weighted by molar-refractivity contribution is 5.55. The molecule has 3 aliphatic carbocycles. The van der Waals surface area contributed by atoms with Gasteiger partial charge in [0, 0.05) is 5.41 Å². The van der Waals surface area contributed by atoms with E-state index in [2.05, 4.69) is 42.5 Å². The van der Waals surface area contributed by atoms with Crippen LogP contribution in [-0.2, 0) is 0 Å². The van der Waals surface area contributed by atoms with E-state index in [1.165, 1.54) is 37.7 Å². The van der Waals surface area contributed by atoms with Gasteiger partial charge in [0.05, 0.1) is 0 Å². The average Bonchev–Trinajstić information content (AvgIpc) is 2.85. The SMILES string of the molecule is C(=CC12CCC1=C1CCC2C1)c1ccccc1. The van der Waals surface area contributed by atoms with Crippen molar-refractivity contribution in [2.75, 3.05) is 0 Å². The van der Waals surface area contributed by atoms with Crippen molar-refractivity contribution < 1.29 is 0 Å². The lowest BCUT2D eigenvalue weighted by atomic mass is 9.58. The van der Waals surface area contributed by atoms with Crippen LogP contribution in [0.4, 0.5) is 0 Å². The third kappa shape index (κ3) is 1.24. The molecule has 0 N–H and O–H groups in total. The van der Waals surface area contributed by atoms with Crippen LogP contribution in [0.2, 0.25) is 0 Å². The van der Waals surface area contributed by atoms with Crippen LogP contribution in [0.15, 0.2) is 47.6 Å². The highest BCUT2D eigenvalue weighted by Crippen LogP contribution is 2.66. The van der Waals surface area contributed by atoms with Crippen molar-refractivity contribution >= 4 is 6.08 Å². The first kappa shape index (κ1) is 9.70. The van der Waals surface area contributed by atoms with E-state index in [1.54, 1.807) is 0 Å². The minimum absolute atomic E-state index is 0.503. The van der Waals surface area contributed by atoms with Crippen molar-refractivity contribution in [2.45, 2.75) is 32.1 Å². The van der Waals surface area contributed by atoms with Crippen molar-refractivity contribution in [3.8, 4) is 0 Å². The lowest BCUT2D eigenvalue weighted by Crippen LogP contribution is -2.35. The van der Waals surface area contributed by atoms with E-state index in [9.17, 15) is 0 Å². The highest BCUT2D eigenvalue weighted by Gasteiger charge is 2.54. The van der Waals surface area contributed by atoms with Crippen molar-refractivity contribution in [1.29, 1.82) is 0 Å². The van der Waals surface area contributed by atoms with Gasteiger partial charge in [-0.3, -0.25) is 0 Å². The molecule has 0 spiro atoms. The minimum Gasteiger partial charge on any atom is -0.0734 e. The first-order valence-corrected chi connectivity index (χ1v) is 6.84. The van der Waals surface area contributed by atoms with Gasteiger partial charge in [-0.25, -0.2) is 0 Å². The molecule has 4 rings (SSSR count). The van der Waals surface area contributed by atoms with Gasteiger partial charge in [0.15, 0.2) is 0 Å². The topological polar surface area (TPSA) is 0 Å². The van der Waals surface area contributed by atoms with E-state index in [1.807, 2.05) is 11.1 Å². The second-order valence-corrected chi connectivity index (χ2v) is 5.81. The lowest BCUT2D eigenvalue weighted by Gasteiger charge is -2.46. The van der Waals surface area contributed by atoms with E-state index in [4.69, 9.17) is 0 Å². The third-order valence-electron chi connectivity index (χ3n) is 5.17. The molecule has 0 aliphatic heterocycles. The van der Waals surface area contributed by atoms with Gasteiger partial charge in [0.25, 0.3) is 0 Å². The third-order valence-corrected chi connectivity index (χ3v) is 5.17. The number of hydrogen-bond donors (Lipinski definition) is 0. The Bertz CT molecular complexity index is 506. The maximum Gasteiger partial charge on any atom is 0.0131 e. The average molecular weight is 222 g/mol. The second kappa shape index (κ2) is 3.35. The summed E-state index contributed by atoms with van der Waals surface area (Å²) in [5.74, 6) is 0.946. The van der Waals surface area contributed by atoms with Gasteiger partial charge in [-0.15, -0.1) is 0 Å². The molecule has 2 atom stereocenters. The van der Waals surface area contributed by atoms with Gasteiger partial charge >= 0.3 is 0 Å². The molecule has 3 aliphatic rings. The van der Waals surface area contributed by atoms with E-state index < -0.39 is 0 Å². The predicted molar refractivity (Wildman–Crippen MR) is 71.5 cm³/mol. The Morgan fingerprint density at radius 2 is 2.00 bits per heavy atom. The molecule has 0 heteroatoms. The van der Waals surface area contributed by atoms with Crippen LogP contribution in [0.3, 0.4) is 0 Å². The van der Waals surface area contributed by atoms with Crippen molar-refractivity contribution in [3.63, 3.8) is 0 Å². The molecular weight excluding hydrogens is 204 g/mol. The molecule has 86 valence electrons. The fourth-order valence-corrected chi connectivity index (χ4v) is 4.19. The summed E-state index contributed by atoms with van der Waals surface area (Å²) in [6.07, 6.45) is 11.9. The van der Waals surface area contributed by atoms with Gasteiger partial charge in [0.2, 0.25) is 0 Å². The Morgan fingerprint density at radius 3 is 2.71 bits per heavy atom. The van der Waals surface area contributed by atoms with Crippen LogP contribution in [0.5, 0.6) is 0 Å². The standard InChI is InChI=1S/C17H18/c1-2-4-13(5-3-1)8-10-17-11-9-16(17)14-6-7-15(17)12-14/h1-5,8,10,15H,6-7,9,11-12H2. The molecule has 0 heterocycles. The Morgan fingerprint density at radius 1 is 1.12 bits per heavy atom. The zero-order chi connectivity index (χ0) is 11.3. The number of allylic oxidation sites excluding steroid dienone is 3. The number of hydrogen-bond acceptors (Lipinski definition) is 0. The fourth-order valence-electron chi connectivity index (χ4n) is 4.19. The zero-order valence-corrected chi connectivity index (χ0v) is 10.2. The first-order chi connectivity index (χ1) is 8.38. The smallest absolute Gasteiger partial charge is 0.0131 e.